The number of hydrogen-bond acceptors (Lipinski definition) is 5. The Morgan fingerprint density at radius 2 is 1.59 bits per heavy atom. The zero-order valence-corrected chi connectivity index (χ0v) is 20.9. The number of methoxy groups -OCH3 is 1. The van der Waals surface area contributed by atoms with E-state index in [-0.39, 0.29) is 17.9 Å². The highest BCUT2D eigenvalue weighted by molar-refractivity contribution is 7.89. The maximum atomic E-state index is 13.7. The van der Waals surface area contributed by atoms with Crippen LogP contribution in [0.4, 0.5) is 5.69 Å². The molecule has 1 N–H and O–H groups in total. The summed E-state index contributed by atoms with van der Waals surface area (Å²) in [6.07, 6.45) is 0.253. The number of nitrogens with zero attached hydrogens (tertiary/aromatic N) is 1. The van der Waals surface area contributed by atoms with Gasteiger partial charge in [-0.25, -0.2) is 8.42 Å². The number of anilines is 1. The molecule has 0 fully saturated rings. The highest BCUT2D eigenvalue weighted by atomic mass is 32.2. The minimum Gasteiger partial charge on any atom is -0.495 e. The summed E-state index contributed by atoms with van der Waals surface area (Å²) in [6, 6.07) is 26.1. The minimum absolute atomic E-state index is 0.102. The Morgan fingerprint density at radius 3 is 2.38 bits per heavy atom. The molecule has 8 heteroatoms. The molecule has 0 spiro atoms. The molecule has 37 heavy (non-hydrogen) atoms. The Labute approximate surface area is 214 Å². The van der Waals surface area contributed by atoms with E-state index in [4.69, 9.17) is 9.15 Å². The summed E-state index contributed by atoms with van der Waals surface area (Å²) in [5, 5.41) is 4.73. The summed E-state index contributed by atoms with van der Waals surface area (Å²) >= 11 is 0. The molecule has 6 rings (SSSR count). The lowest BCUT2D eigenvalue weighted by molar-refractivity contribution is -0.120. The number of nitrogens with one attached hydrogen (secondary N) is 1. The maximum Gasteiger partial charge on any atom is 0.244 e. The van der Waals surface area contributed by atoms with E-state index in [0.717, 1.165) is 27.5 Å². The number of sulfonamides is 1. The second kappa shape index (κ2) is 9.06. The molecule has 0 saturated heterocycles. The first-order chi connectivity index (χ1) is 18.0. The average Bonchev–Trinajstić information content (AvgIpc) is 3.29. The van der Waals surface area contributed by atoms with Gasteiger partial charge in [0.15, 0.2) is 0 Å². The molecule has 2 heterocycles. The number of furan rings is 1. The molecule has 0 saturated carbocycles. The number of ether oxygens (including phenoxy) is 1. The number of carbonyl (C=O) groups is 1. The fourth-order valence-electron chi connectivity index (χ4n) is 4.94. The standard InChI is InChI=1S/C29H24N2O5S/c1-35-28-16-23-22-13-7-8-14-26(22)36-27(23)17-24(28)30-29(32)25-15-19-9-5-6-10-20(19)18-31(25)37(33,34)21-11-3-2-4-12-21/h2-14,16-17,25H,15,18H2,1H3,(H,30,32). The third kappa shape index (κ3) is 4.04. The Balaban J connectivity index is 1.40. The van der Waals surface area contributed by atoms with Crippen molar-refractivity contribution in [3.05, 3.63) is 102 Å². The molecule has 0 bridgehead atoms. The maximum absolute atomic E-state index is 13.7. The van der Waals surface area contributed by atoms with Crippen LogP contribution in [0.25, 0.3) is 21.9 Å². The lowest BCUT2D eigenvalue weighted by Gasteiger charge is -2.35. The van der Waals surface area contributed by atoms with Gasteiger partial charge in [-0.15, -0.1) is 0 Å². The first-order valence-corrected chi connectivity index (χ1v) is 13.3. The highest BCUT2D eigenvalue weighted by Gasteiger charge is 2.39. The number of fused-ring (bicyclic) bond motifs is 4. The van der Waals surface area contributed by atoms with Gasteiger partial charge in [0.25, 0.3) is 0 Å². The summed E-state index contributed by atoms with van der Waals surface area (Å²) in [4.78, 5) is 13.9. The van der Waals surface area contributed by atoms with Crippen molar-refractivity contribution in [3.8, 4) is 5.75 Å². The second-order valence-electron chi connectivity index (χ2n) is 8.99. The normalized spacial score (nSPS) is 16.0. The van der Waals surface area contributed by atoms with E-state index in [1.807, 2.05) is 54.6 Å². The van der Waals surface area contributed by atoms with Crippen LogP contribution in [0, 0.1) is 0 Å². The van der Waals surface area contributed by atoms with E-state index >= 15 is 0 Å². The van der Waals surface area contributed by atoms with Crippen molar-refractivity contribution in [2.24, 2.45) is 0 Å². The third-order valence-corrected chi connectivity index (χ3v) is 8.68. The SMILES string of the molecule is COc1cc2c(cc1NC(=O)C1Cc3ccccc3CN1S(=O)(=O)c1ccccc1)oc1ccccc12. The van der Waals surface area contributed by atoms with Crippen LogP contribution < -0.4 is 10.1 Å². The zero-order valence-electron chi connectivity index (χ0n) is 20.0. The second-order valence-corrected chi connectivity index (χ2v) is 10.9. The molecule has 1 aliphatic rings. The number of rotatable bonds is 5. The average molecular weight is 513 g/mol. The van der Waals surface area contributed by atoms with Crippen LogP contribution in [0.2, 0.25) is 0 Å². The largest absolute Gasteiger partial charge is 0.495 e. The van der Waals surface area contributed by atoms with Crippen molar-refractivity contribution in [1.82, 2.24) is 4.31 Å². The fraction of sp³-hybridized carbons (Fsp3) is 0.138. The van der Waals surface area contributed by atoms with E-state index in [1.54, 1.807) is 36.4 Å². The molecule has 0 radical (unpaired) electrons. The molecule has 1 aromatic heterocycles. The molecule has 1 atom stereocenters. The molecule has 1 amide bonds. The molecule has 7 nitrogen and oxygen atoms in total. The van der Waals surface area contributed by atoms with Crippen LogP contribution in [0.5, 0.6) is 5.75 Å². The lowest BCUT2D eigenvalue weighted by Crippen LogP contribution is -2.50. The molecular formula is C29H24N2O5S. The van der Waals surface area contributed by atoms with Gasteiger partial charge in [0.05, 0.1) is 17.7 Å². The number of amides is 1. The van der Waals surface area contributed by atoms with Crippen LogP contribution in [0.1, 0.15) is 11.1 Å². The summed E-state index contributed by atoms with van der Waals surface area (Å²) in [5.41, 5.74) is 3.57. The molecule has 4 aromatic carbocycles. The topological polar surface area (TPSA) is 88.9 Å². The Kier molecular flexibility index (Phi) is 5.70. The van der Waals surface area contributed by atoms with Gasteiger partial charge in [0.2, 0.25) is 15.9 Å². The predicted molar refractivity (Wildman–Crippen MR) is 142 cm³/mol. The Hall–Kier alpha value is -4.14. The molecule has 186 valence electrons. The van der Waals surface area contributed by atoms with Crippen molar-refractivity contribution >= 4 is 43.6 Å². The van der Waals surface area contributed by atoms with Gasteiger partial charge in [0, 0.05) is 23.4 Å². The summed E-state index contributed by atoms with van der Waals surface area (Å²) < 4.78 is 40.2. The van der Waals surface area contributed by atoms with Crippen molar-refractivity contribution in [3.63, 3.8) is 0 Å². The third-order valence-electron chi connectivity index (χ3n) is 6.81. The summed E-state index contributed by atoms with van der Waals surface area (Å²) in [5.74, 6) is 0.0175. The predicted octanol–water partition coefficient (Wildman–Crippen LogP) is 5.35. The van der Waals surface area contributed by atoms with E-state index in [1.165, 1.54) is 11.4 Å². The molecule has 5 aromatic rings. The van der Waals surface area contributed by atoms with Crippen molar-refractivity contribution < 1.29 is 22.4 Å². The number of benzene rings is 4. The van der Waals surface area contributed by atoms with Crippen molar-refractivity contribution in [2.75, 3.05) is 12.4 Å². The van der Waals surface area contributed by atoms with Gasteiger partial charge < -0.3 is 14.5 Å². The minimum atomic E-state index is -3.94. The van der Waals surface area contributed by atoms with Crippen molar-refractivity contribution in [1.29, 1.82) is 0 Å². The molecular weight excluding hydrogens is 488 g/mol. The molecule has 0 aliphatic carbocycles. The Morgan fingerprint density at radius 1 is 0.892 bits per heavy atom. The van der Waals surface area contributed by atoms with E-state index in [2.05, 4.69) is 5.32 Å². The quantitative estimate of drug-likeness (QED) is 0.343. The number of hydrogen-bond donors (Lipinski definition) is 1. The van der Waals surface area contributed by atoms with E-state index in [9.17, 15) is 13.2 Å². The monoisotopic (exact) mass is 512 g/mol. The molecule has 1 aliphatic heterocycles. The van der Waals surface area contributed by atoms with Gasteiger partial charge in [-0.1, -0.05) is 60.7 Å². The van der Waals surface area contributed by atoms with Crippen LogP contribution in [0.15, 0.2) is 100 Å². The van der Waals surface area contributed by atoms with Crippen LogP contribution in [-0.4, -0.2) is 31.8 Å². The highest BCUT2D eigenvalue weighted by Crippen LogP contribution is 2.37. The van der Waals surface area contributed by atoms with E-state index < -0.39 is 22.0 Å². The van der Waals surface area contributed by atoms with Crippen LogP contribution in [-0.2, 0) is 27.8 Å². The van der Waals surface area contributed by atoms with Crippen LogP contribution in [0.3, 0.4) is 0 Å². The first kappa shape index (κ1) is 23.3. The number of para-hydroxylation sites is 1. The van der Waals surface area contributed by atoms with Gasteiger partial charge in [0.1, 0.15) is 23.0 Å². The zero-order chi connectivity index (χ0) is 25.6. The van der Waals surface area contributed by atoms with Gasteiger partial charge in [-0.05, 0) is 41.8 Å². The van der Waals surface area contributed by atoms with Gasteiger partial charge in [-0.2, -0.15) is 4.31 Å². The Bertz CT molecular complexity index is 1740. The van der Waals surface area contributed by atoms with Gasteiger partial charge in [-0.3, -0.25) is 4.79 Å². The van der Waals surface area contributed by atoms with Gasteiger partial charge >= 0.3 is 0 Å². The smallest absolute Gasteiger partial charge is 0.244 e. The van der Waals surface area contributed by atoms with Crippen molar-refractivity contribution in [2.45, 2.75) is 23.9 Å². The fourth-order valence-corrected chi connectivity index (χ4v) is 6.52. The number of carbonyl (C=O) groups excluding carboxylic acids is 1. The lowest BCUT2D eigenvalue weighted by atomic mass is 9.95. The summed E-state index contributed by atoms with van der Waals surface area (Å²) in [6.45, 7) is 0.102. The van der Waals surface area contributed by atoms with E-state index in [0.29, 0.717) is 17.0 Å². The summed E-state index contributed by atoms with van der Waals surface area (Å²) in [7, 11) is -2.41. The first-order valence-electron chi connectivity index (χ1n) is 11.9. The van der Waals surface area contributed by atoms with Crippen LogP contribution >= 0.6 is 0 Å². The molecule has 1 unspecified atom stereocenters.